The molecule has 4 nitrogen and oxygen atoms in total. The summed E-state index contributed by atoms with van der Waals surface area (Å²) in [6, 6.07) is 14.3. The van der Waals surface area contributed by atoms with Crippen molar-refractivity contribution < 1.29 is 19.4 Å². The summed E-state index contributed by atoms with van der Waals surface area (Å²) in [7, 11) is 1.60. The summed E-state index contributed by atoms with van der Waals surface area (Å²) < 4.78 is 10.8. The zero-order valence-electron chi connectivity index (χ0n) is 10.5. The fourth-order valence-corrected chi connectivity index (χ4v) is 1.65. The van der Waals surface area contributed by atoms with Crippen LogP contribution in [0.1, 0.15) is 5.56 Å². The molecule has 0 amide bonds. The summed E-state index contributed by atoms with van der Waals surface area (Å²) in [6.07, 6.45) is 0.0133. The molecule has 0 bridgehead atoms. The zero-order chi connectivity index (χ0) is 13.7. The number of carbonyl (C=O) groups is 1. The first-order valence-electron chi connectivity index (χ1n) is 5.80. The maximum Gasteiger partial charge on any atom is 0.307 e. The van der Waals surface area contributed by atoms with Crippen molar-refractivity contribution in [2.24, 2.45) is 0 Å². The normalized spacial score (nSPS) is 9.95. The van der Waals surface area contributed by atoms with Gasteiger partial charge in [0.05, 0.1) is 13.5 Å². The van der Waals surface area contributed by atoms with Crippen molar-refractivity contribution in [3.8, 4) is 17.2 Å². The van der Waals surface area contributed by atoms with Crippen LogP contribution in [0.3, 0.4) is 0 Å². The first kappa shape index (κ1) is 13.0. The summed E-state index contributed by atoms with van der Waals surface area (Å²) in [5, 5.41) is 8.68. The average Bonchev–Trinajstić information content (AvgIpc) is 2.41. The Morgan fingerprint density at radius 2 is 1.74 bits per heavy atom. The molecule has 0 atom stereocenters. The molecule has 2 rings (SSSR count). The summed E-state index contributed by atoms with van der Waals surface area (Å²) in [4.78, 5) is 10.6. The fourth-order valence-electron chi connectivity index (χ4n) is 1.65. The summed E-state index contributed by atoms with van der Waals surface area (Å²) in [6.45, 7) is 0. The van der Waals surface area contributed by atoms with Gasteiger partial charge in [-0.15, -0.1) is 0 Å². The molecule has 0 aromatic heterocycles. The predicted molar refractivity (Wildman–Crippen MR) is 70.8 cm³/mol. The molecule has 0 heterocycles. The van der Waals surface area contributed by atoms with Crippen LogP contribution in [0, 0.1) is 0 Å². The highest BCUT2D eigenvalue weighted by Gasteiger charge is 2.02. The van der Waals surface area contributed by atoms with E-state index in [1.165, 1.54) is 0 Å². The lowest BCUT2D eigenvalue weighted by Gasteiger charge is -2.07. The predicted octanol–water partition coefficient (Wildman–Crippen LogP) is 3.11. The van der Waals surface area contributed by atoms with Gasteiger partial charge in [-0.05, 0) is 29.8 Å². The Balaban J connectivity index is 2.08. The molecule has 0 saturated heterocycles. The topological polar surface area (TPSA) is 55.8 Å². The average molecular weight is 258 g/mol. The van der Waals surface area contributed by atoms with E-state index in [9.17, 15) is 4.79 Å². The second-order valence-electron chi connectivity index (χ2n) is 4.00. The van der Waals surface area contributed by atoms with E-state index >= 15 is 0 Å². The van der Waals surface area contributed by atoms with Gasteiger partial charge in [0, 0.05) is 6.07 Å². The monoisotopic (exact) mass is 258 g/mol. The second-order valence-corrected chi connectivity index (χ2v) is 4.00. The van der Waals surface area contributed by atoms with E-state index in [2.05, 4.69) is 0 Å². The molecular weight excluding hydrogens is 244 g/mol. The Bertz CT molecular complexity index is 561. The van der Waals surface area contributed by atoms with Crippen molar-refractivity contribution in [3.05, 3.63) is 54.1 Å². The summed E-state index contributed by atoms with van der Waals surface area (Å²) in [5.41, 5.74) is 0.741. The third-order valence-corrected chi connectivity index (χ3v) is 2.56. The Morgan fingerprint density at radius 3 is 2.37 bits per heavy atom. The van der Waals surface area contributed by atoms with Crippen molar-refractivity contribution in [2.75, 3.05) is 7.11 Å². The van der Waals surface area contributed by atoms with Gasteiger partial charge >= 0.3 is 5.97 Å². The van der Waals surface area contributed by atoms with E-state index in [0.717, 1.165) is 11.3 Å². The number of hydrogen-bond acceptors (Lipinski definition) is 3. The Kier molecular flexibility index (Phi) is 4.03. The lowest BCUT2D eigenvalue weighted by atomic mass is 10.1. The first-order valence-corrected chi connectivity index (χ1v) is 5.80. The number of benzene rings is 2. The maximum absolute atomic E-state index is 10.6. The van der Waals surface area contributed by atoms with Gasteiger partial charge in [-0.2, -0.15) is 0 Å². The van der Waals surface area contributed by atoms with E-state index in [1.54, 1.807) is 37.4 Å². The van der Waals surface area contributed by atoms with Crippen LogP contribution in [0.5, 0.6) is 17.2 Å². The van der Waals surface area contributed by atoms with Crippen LogP contribution in [0.15, 0.2) is 48.5 Å². The molecule has 1 N–H and O–H groups in total. The Labute approximate surface area is 111 Å². The first-order chi connectivity index (χ1) is 9.17. The maximum atomic E-state index is 10.6. The molecule has 0 spiro atoms. The molecule has 0 aliphatic rings. The molecule has 0 radical (unpaired) electrons. The van der Waals surface area contributed by atoms with Crippen LogP contribution < -0.4 is 9.47 Å². The third-order valence-electron chi connectivity index (χ3n) is 2.56. The fraction of sp³-hybridized carbons (Fsp3) is 0.133. The molecule has 0 saturated carbocycles. The molecule has 0 aliphatic carbocycles. The molecule has 0 unspecified atom stereocenters. The molecule has 98 valence electrons. The second kappa shape index (κ2) is 5.91. The molecule has 2 aromatic rings. The van der Waals surface area contributed by atoms with E-state index in [0.29, 0.717) is 11.5 Å². The lowest BCUT2D eigenvalue weighted by Crippen LogP contribution is -1.99. The number of ether oxygens (including phenoxy) is 2. The summed E-state index contributed by atoms with van der Waals surface area (Å²) in [5.74, 6) is 1.20. The van der Waals surface area contributed by atoms with Crippen LogP contribution in [0.2, 0.25) is 0 Å². The SMILES string of the molecule is COc1cccc(Oc2ccc(CC(=O)O)cc2)c1. The van der Waals surface area contributed by atoms with Gasteiger partial charge in [0.2, 0.25) is 0 Å². The van der Waals surface area contributed by atoms with E-state index in [-0.39, 0.29) is 6.42 Å². The number of carboxylic acids is 1. The number of aliphatic carboxylic acids is 1. The van der Waals surface area contributed by atoms with Gasteiger partial charge in [-0.3, -0.25) is 4.79 Å². The largest absolute Gasteiger partial charge is 0.497 e. The highest BCUT2D eigenvalue weighted by molar-refractivity contribution is 5.70. The van der Waals surface area contributed by atoms with Crippen LogP contribution in [-0.2, 0) is 11.2 Å². The van der Waals surface area contributed by atoms with Crippen molar-refractivity contribution in [1.29, 1.82) is 0 Å². The minimum Gasteiger partial charge on any atom is -0.497 e. The molecule has 19 heavy (non-hydrogen) atoms. The Morgan fingerprint density at radius 1 is 1.05 bits per heavy atom. The van der Waals surface area contributed by atoms with Crippen molar-refractivity contribution in [3.63, 3.8) is 0 Å². The van der Waals surface area contributed by atoms with Crippen molar-refractivity contribution >= 4 is 5.97 Å². The number of rotatable bonds is 5. The van der Waals surface area contributed by atoms with Gasteiger partial charge in [-0.25, -0.2) is 0 Å². The smallest absolute Gasteiger partial charge is 0.307 e. The van der Waals surface area contributed by atoms with Gasteiger partial charge in [0.15, 0.2) is 0 Å². The van der Waals surface area contributed by atoms with Crippen LogP contribution >= 0.6 is 0 Å². The van der Waals surface area contributed by atoms with E-state index < -0.39 is 5.97 Å². The molecule has 0 aliphatic heterocycles. The van der Waals surface area contributed by atoms with Crippen molar-refractivity contribution in [2.45, 2.75) is 6.42 Å². The molecule has 2 aromatic carbocycles. The minimum absolute atomic E-state index is 0.0133. The minimum atomic E-state index is -0.846. The molecule has 0 fully saturated rings. The summed E-state index contributed by atoms with van der Waals surface area (Å²) >= 11 is 0. The standard InChI is InChI=1S/C15H14O4/c1-18-13-3-2-4-14(10-13)19-12-7-5-11(6-8-12)9-15(16)17/h2-8,10H,9H2,1H3,(H,16,17). The zero-order valence-corrected chi connectivity index (χ0v) is 10.5. The number of carboxylic acid groups (broad SMARTS) is 1. The molecular formula is C15H14O4. The van der Waals surface area contributed by atoms with Gasteiger partial charge in [0.1, 0.15) is 17.2 Å². The highest BCUT2D eigenvalue weighted by Crippen LogP contribution is 2.25. The third kappa shape index (κ3) is 3.74. The number of hydrogen-bond donors (Lipinski definition) is 1. The number of methoxy groups -OCH3 is 1. The van der Waals surface area contributed by atoms with Crippen molar-refractivity contribution in [1.82, 2.24) is 0 Å². The van der Waals surface area contributed by atoms with Crippen LogP contribution in [-0.4, -0.2) is 18.2 Å². The van der Waals surface area contributed by atoms with Gasteiger partial charge < -0.3 is 14.6 Å². The molecule has 4 heteroatoms. The van der Waals surface area contributed by atoms with Crippen LogP contribution in [0.4, 0.5) is 0 Å². The van der Waals surface area contributed by atoms with E-state index in [1.807, 2.05) is 18.2 Å². The van der Waals surface area contributed by atoms with Crippen LogP contribution in [0.25, 0.3) is 0 Å². The van der Waals surface area contributed by atoms with E-state index in [4.69, 9.17) is 14.6 Å². The van der Waals surface area contributed by atoms with Gasteiger partial charge in [0.25, 0.3) is 0 Å². The highest BCUT2D eigenvalue weighted by atomic mass is 16.5. The van der Waals surface area contributed by atoms with Gasteiger partial charge in [-0.1, -0.05) is 18.2 Å². The quantitative estimate of drug-likeness (QED) is 0.895. The lowest BCUT2D eigenvalue weighted by molar-refractivity contribution is -0.136. The Hall–Kier alpha value is -2.49.